The van der Waals surface area contributed by atoms with Gasteiger partial charge in [-0.05, 0) is 36.4 Å². The third-order valence-corrected chi connectivity index (χ3v) is 5.54. The van der Waals surface area contributed by atoms with E-state index < -0.39 is 0 Å². The standard InChI is InChI=1S/C22H14ClN5S/c23-20-21(27-18-7-2-1-6-17(18)26-20)25-16-5-3-4-15(12-16)19-13-29-22(28-19)14-8-10-24-11-9-14/h1-13H,(H,25,27). The second-order valence-corrected chi connectivity index (χ2v) is 7.55. The molecule has 5 nitrogen and oxygen atoms in total. The summed E-state index contributed by atoms with van der Waals surface area (Å²) < 4.78 is 0. The summed E-state index contributed by atoms with van der Waals surface area (Å²) in [6.45, 7) is 0. The first kappa shape index (κ1) is 17.7. The lowest BCUT2D eigenvalue weighted by atomic mass is 10.1. The zero-order chi connectivity index (χ0) is 19.6. The molecule has 3 heterocycles. The van der Waals surface area contributed by atoms with Gasteiger partial charge in [0, 0.05) is 34.6 Å². The molecule has 140 valence electrons. The summed E-state index contributed by atoms with van der Waals surface area (Å²) in [7, 11) is 0. The van der Waals surface area contributed by atoms with Crippen molar-refractivity contribution in [2.75, 3.05) is 5.32 Å². The fourth-order valence-electron chi connectivity index (χ4n) is 2.98. The van der Waals surface area contributed by atoms with Crippen LogP contribution < -0.4 is 5.32 Å². The van der Waals surface area contributed by atoms with Crippen molar-refractivity contribution in [3.05, 3.63) is 83.6 Å². The topological polar surface area (TPSA) is 63.6 Å². The molecule has 0 atom stereocenters. The van der Waals surface area contributed by atoms with Crippen LogP contribution in [0.25, 0.3) is 32.9 Å². The summed E-state index contributed by atoms with van der Waals surface area (Å²) in [5, 5.41) is 6.63. The van der Waals surface area contributed by atoms with Gasteiger partial charge >= 0.3 is 0 Å². The van der Waals surface area contributed by atoms with E-state index in [0.717, 1.165) is 38.5 Å². The fourth-order valence-corrected chi connectivity index (χ4v) is 4.00. The molecule has 0 spiro atoms. The lowest BCUT2D eigenvalue weighted by molar-refractivity contribution is 1.28. The third-order valence-electron chi connectivity index (χ3n) is 4.38. The molecule has 0 aliphatic carbocycles. The number of hydrogen-bond donors (Lipinski definition) is 1. The zero-order valence-electron chi connectivity index (χ0n) is 15.1. The SMILES string of the molecule is Clc1nc2ccccc2nc1Nc1cccc(-c2csc(-c3ccncc3)n2)c1. The van der Waals surface area contributed by atoms with E-state index in [0.29, 0.717) is 11.0 Å². The highest BCUT2D eigenvalue weighted by Crippen LogP contribution is 2.31. The number of thiazole rings is 1. The molecule has 0 aliphatic rings. The number of hydrogen-bond acceptors (Lipinski definition) is 6. The lowest BCUT2D eigenvalue weighted by Gasteiger charge is -2.09. The summed E-state index contributed by atoms with van der Waals surface area (Å²) in [5.41, 5.74) is 5.41. The Morgan fingerprint density at radius 1 is 0.793 bits per heavy atom. The molecule has 0 saturated carbocycles. The second kappa shape index (κ2) is 7.58. The molecule has 5 rings (SSSR count). The summed E-state index contributed by atoms with van der Waals surface area (Å²) in [6, 6.07) is 19.6. The van der Waals surface area contributed by atoms with Gasteiger partial charge in [0.15, 0.2) is 11.0 Å². The van der Waals surface area contributed by atoms with E-state index in [1.807, 2.05) is 60.7 Å². The highest BCUT2D eigenvalue weighted by atomic mass is 35.5. The highest BCUT2D eigenvalue weighted by Gasteiger charge is 2.10. The van der Waals surface area contributed by atoms with Gasteiger partial charge < -0.3 is 5.32 Å². The summed E-state index contributed by atoms with van der Waals surface area (Å²) in [4.78, 5) is 17.8. The van der Waals surface area contributed by atoms with Gasteiger partial charge in [-0.25, -0.2) is 15.0 Å². The van der Waals surface area contributed by atoms with Gasteiger partial charge in [-0.1, -0.05) is 35.9 Å². The maximum atomic E-state index is 6.33. The van der Waals surface area contributed by atoms with Gasteiger partial charge in [0.05, 0.1) is 16.7 Å². The monoisotopic (exact) mass is 415 g/mol. The number of nitrogens with zero attached hydrogens (tertiary/aromatic N) is 4. The Morgan fingerprint density at radius 2 is 1.59 bits per heavy atom. The summed E-state index contributed by atoms with van der Waals surface area (Å²) in [5.74, 6) is 0.526. The minimum Gasteiger partial charge on any atom is -0.338 e. The number of rotatable bonds is 4. The number of aromatic nitrogens is 4. The smallest absolute Gasteiger partial charge is 0.172 e. The third kappa shape index (κ3) is 3.68. The first-order chi connectivity index (χ1) is 14.3. The fraction of sp³-hybridized carbons (Fsp3) is 0. The Balaban J connectivity index is 1.45. The largest absolute Gasteiger partial charge is 0.338 e. The second-order valence-electron chi connectivity index (χ2n) is 6.33. The van der Waals surface area contributed by atoms with Crippen LogP contribution in [-0.4, -0.2) is 19.9 Å². The van der Waals surface area contributed by atoms with E-state index in [4.69, 9.17) is 16.6 Å². The van der Waals surface area contributed by atoms with Crippen molar-refractivity contribution in [1.29, 1.82) is 0 Å². The Bertz CT molecular complexity index is 1300. The molecule has 1 N–H and O–H groups in total. The van der Waals surface area contributed by atoms with E-state index in [1.54, 1.807) is 23.7 Å². The number of nitrogens with one attached hydrogen (secondary N) is 1. The Kier molecular flexibility index (Phi) is 4.63. The van der Waals surface area contributed by atoms with Crippen molar-refractivity contribution >= 4 is 45.5 Å². The van der Waals surface area contributed by atoms with Crippen molar-refractivity contribution < 1.29 is 0 Å². The normalized spacial score (nSPS) is 10.9. The molecule has 2 aromatic carbocycles. The molecule has 3 aromatic heterocycles. The van der Waals surface area contributed by atoms with Crippen molar-refractivity contribution in [2.24, 2.45) is 0 Å². The van der Waals surface area contributed by atoms with Crippen LogP contribution >= 0.6 is 22.9 Å². The van der Waals surface area contributed by atoms with E-state index in [2.05, 4.69) is 25.6 Å². The van der Waals surface area contributed by atoms with Gasteiger partial charge in [0.2, 0.25) is 0 Å². The summed E-state index contributed by atoms with van der Waals surface area (Å²) in [6.07, 6.45) is 3.55. The molecule has 0 aliphatic heterocycles. The average molecular weight is 416 g/mol. The Hall–Kier alpha value is -3.35. The zero-order valence-corrected chi connectivity index (χ0v) is 16.7. The number of anilines is 2. The molecular formula is C22H14ClN5S. The number of benzene rings is 2. The maximum Gasteiger partial charge on any atom is 0.172 e. The van der Waals surface area contributed by atoms with Gasteiger partial charge in [0.25, 0.3) is 0 Å². The molecule has 0 bridgehead atoms. The van der Waals surface area contributed by atoms with E-state index in [1.165, 1.54) is 0 Å². The van der Waals surface area contributed by atoms with Crippen LogP contribution in [0.15, 0.2) is 78.4 Å². The molecular weight excluding hydrogens is 402 g/mol. The average Bonchev–Trinajstić information content (AvgIpc) is 3.26. The Morgan fingerprint density at radius 3 is 2.41 bits per heavy atom. The lowest BCUT2D eigenvalue weighted by Crippen LogP contribution is -1.97. The molecule has 0 saturated heterocycles. The first-order valence-electron chi connectivity index (χ1n) is 8.92. The van der Waals surface area contributed by atoms with Gasteiger partial charge in [-0.15, -0.1) is 11.3 Å². The van der Waals surface area contributed by atoms with Crippen molar-refractivity contribution in [3.63, 3.8) is 0 Å². The van der Waals surface area contributed by atoms with Crippen LogP contribution in [0.2, 0.25) is 5.15 Å². The molecule has 7 heteroatoms. The Labute approximate surface area is 176 Å². The predicted octanol–water partition coefficient (Wildman–Crippen LogP) is 6.21. The molecule has 29 heavy (non-hydrogen) atoms. The number of halogens is 1. The van der Waals surface area contributed by atoms with Gasteiger partial charge in [-0.3, -0.25) is 4.98 Å². The first-order valence-corrected chi connectivity index (χ1v) is 10.2. The van der Waals surface area contributed by atoms with E-state index >= 15 is 0 Å². The number of fused-ring (bicyclic) bond motifs is 1. The van der Waals surface area contributed by atoms with Gasteiger partial charge in [-0.2, -0.15) is 0 Å². The molecule has 5 aromatic rings. The van der Waals surface area contributed by atoms with Crippen LogP contribution in [-0.2, 0) is 0 Å². The number of pyridine rings is 1. The summed E-state index contributed by atoms with van der Waals surface area (Å²) >= 11 is 7.94. The van der Waals surface area contributed by atoms with Crippen LogP contribution in [0.5, 0.6) is 0 Å². The van der Waals surface area contributed by atoms with Crippen LogP contribution in [0.1, 0.15) is 0 Å². The van der Waals surface area contributed by atoms with Gasteiger partial charge in [0.1, 0.15) is 5.01 Å². The van der Waals surface area contributed by atoms with Crippen LogP contribution in [0.3, 0.4) is 0 Å². The maximum absolute atomic E-state index is 6.33. The van der Waals surface area contributed by atoms with Crippen molar-refractivity contribution in [1.82, 2.24) is 19.9 Å². The highest BCUT2D eigenvalue weighted by molar-refractivity contribution is 7.13. The molecule has 0 amide bonds. The molecule has 0 fully saturated rings. The van der Waals surface area contributed by atoms with Crippen molar-refractivity contribution in [2.45, 2.75) is 0 Å². The molecule has 0 unspecified atom stereocenters. The van der Waals surface area contributed by atoms with Crippen molar-refractivity contribution in [3.8, 4) is 21.8 Å². The van der Waals surface area contributed by atoms with E-state index in [-0.39, 0.29) is 0 Å². The minimum atomic E-state index is 0.336. The van der Waals surface area contributed by atoms with Crippen LogP contribution in [0.4, 0.5) is 11.5 Å². The minimum absolute atomic E-state index is 0.336. The molecule has 0 radical (unpaired) electrons. The number of para-hydroxylation sites is 2. The van der Waals surface area contributed by atoms with E-state index in [9.17, 15) is 0 Å². The quantitative estimate of drug-likeness (QED) is 0.378. The predicted molar refractivity (Wildman–Crippen MR) is 119 cm³/mol. The van der Waals surface area contributed by atoms with Crippen LogP contribution in [0, 0.1) is 0 Å².